The van der Waals surface area contributed by atoms with Crippen molar-refractivity contribution in [2.75, 3.05) is 5.73 Å². The van der Waals surface area contributed by atoms with Crippen LogP contribution in [0.1, 0.15) is 0 Å². The van der Waals surface area contributed by atoms with Crippen LogP contribution in [0.15, 0.2) is 42.5 Å². The molecule has 5 heteroatoms. The van der Waals surface area contributed by atoms with Gasteiger partial charge in [0.15, 0.2) is 0 Å². The zero-order chi connectivity index (χ0) is 13.4. The van der Waals surface area contributed by atoms with Crippen LogP contribution in [0.5, 0.6) is 0 Å². The molecule has 0 unspecified atom stereocenters. The highest BCUT2D eigenvalue weighted by Crippen LogP contribution is 2.27. The minimum atomic E-state index is -0.656. The Balaban J connectivity index is 2.35. The highest BCUT2D eigenvalue weighted by atomic mass is 19.1. The lowest BCUT2D eigenvalue weighted by molar-refractivity contribution is 0.584. The summed E-state index contributed by atoms with van der Waals surface area (Å²) in [5, 5.41) is 0.696. The molecule has 0 amide bonds. The normalized spacial score (nSPS) is 10.8. The Labute approximate surface area is 107 Å². The molecule has 3 nitrogen and oxygen atoms in total. The van der Waals surface area contributed by atoms with Gasteiger partial charge in [-0.05, 0) is 18.2 Å². The predicted molar refractivity (Wildman–Crippen MR) is 69.3 cm³/mol. The van der Waals surface area contributed by atoms with Crippen LogP contribution in [0.2, 0.25) is 0 Å². The third-order valence-corrected chi connectivity index (χ3v) is 2.76. The van der Waals surface area contributed by atoms with Gasteiger partial charge in [0.25, 0.3) is 0 Å². The van der Waals surface area contributed by atoms with Crippen LogP contribution in [0.3, 0.4) is 0 Å². The van der Waals surface area contributed by atoms with Gasteiger partial charge < -0.3 is 5.73 Å². The first-order valence-electron chi connectivity index (χ1n) is 5.62. The second-order valence-electron chi connectivity index (χ2n) is 4.11. The highest BCUT2D eigenvalue weighted by Gasteiger charge is 2.10. The van der Waals surface area contributed by atoms with E-state index in [9.17, 15) is 8.78 Å². The van der Waals surface area contributed by atoms with E-state index in [0.29, 0.717) is 22.2 Å². The molecule has 0 fully saturated rings. The van der Waals surface area contributed by atoms with Gasteiger partial charge in [-0.1, -0.05) is 18.2 Å². The van der Waals surface area contributed by atoms with E-state index in [1.54, 1.807) is 18.2 Å². The number of hydrogen-bond donors (Lipinski definition) is 1. The maximum Gasteiger partial charge on any atom is 0.221 e. The topological polar surface area (TPSA) is 51.8 Å². The molecule has 94 valence electrons. The lowest BCUT2D eigenvalue weighted by atomic mass is 10.1. The summed E-state index contributed by atoms with van der Waals surface area (Å²) in [6.45, 7) is 0. The van der Waals surface area contributed by atoms with Crippen molar-refractivity contribution in [3.05, 3.63) is 54.1 Å². The Morgan fingerprint density at radius 3 is 2.32 bits per heavy atom. The second-order valence-corrected chi connectivity index (χ2v) is 4.11. The fourth-order valence-electron chi connectivity index (χ4n) is 2.01. The molecular formula is C14H9F2N3. The molecule has 0 saturated heterocycles. The highest BCUT2D eigenvalue weighted by molar-refractivity contribution is 5.92. The van der Waals surface area contributed by atoms with Crippen molar-refractivity contribution in [3.63, 3.8) is 0 Å². The van der Waals surface area contributed by atoms with Crippen LogP contribution < -0.4 is 5.73 Å². The van der Waals surface area contributed by atoms with Crippen molar-refractivity contribution in [2.45, 2.75) is 0 Å². The molecule has 2 aromatic carbocycles. The number of nitrogens with two attached hydrogens (primary N) is 1. The van der Waals surface area contributed by atoms with E-state index in [-0.39, 0.29) is 5.95 Å². The molecular weight excluding hydrogens is 248 g/mol. The summed E-state index contributed by atoms with van der Waals surface area (Å²) in [5.41, 5.74) is 7.02. The smallest absolute Gasteiger partial charge is 0.221 e. The summed E-state index contributed by atoms with van der Waals surface area (Å²) in [5.74, 6) is -1.24. The molecule has 0 bridgehead atoms. The molecule has 0 radical (unpaired) electrons. The van der Waals surface area contributed by atoms with Crippen LogP contribution in [-0.2, 0) is 0 Å². The first kappa shape index (κ1) is 11.5. The molecule has 1 heterocycles. The lowest BCUT2D eigenvalue weighted by Gasteiger charge is -2.07. The number of para-hydroxylation sites is 1. The standard InChI is InChI=1S/C14H9F2N3/c15-9-5-8(6-10(16)7-9)13-11-3-1-2-4-12(11)18-14(17)19-13/h1-7H,(H2,17,18,19). The van der Waals surface area contributed by atoms with E-state index in [0.717, 1.165) is 6.07 Å². The molecule has 0 aliphatic carbocycles. The number of nitrogen functional groups attached to an aromatic ring is 1. The number of halogens is 2. The van der Waals surface area contributed by atoms with E-state index >= 15 is 0 Å². The fourth-order valence-corrected chi connectivity index (χ4v) is 2.01. The van der Waals surface area contributed by atoms with E-state index in [4.69, 9.17) is 5.73 Å². The molecule has 3 aromatic rings. The average molecular weight is 257 g/mol. The Morgan fingerprint density at radius 1 is 0.895 bits per heavy atom. The summed E-state index contributed by atoms with van der Waals surface area (Å²) >= 11 is 0. The molecule has 2 N–H and O–H groups in total. The monoisotopic (exact) mass is 257 g/mol. The number of benzene rings is 2. The third-order valence-electron chi connectivity index (χ3n) is 2.76. The van der Waals surface area contributed by atoms with E-state index in [1.165, 1.54) is 12.1 Å². The van der Waals surface area contributed by atoms with Crippen molar-refractivity contribution >= 4 is 16.9 Å². The van der Waals surface area contributed by atoms with Gasteiger partial charge in [0.2, 0.25) is 5.95 Å². The van der Waals surface area contributed by atoms with E-state index < -0.39 is 11.6 Å². The fraction of sp³-hybridized carbons (Fsp3) is 0. The van der Waals surface area contributed by atoms with Crippen molar-refractivity contribution in [1.29, 1.82) is 0 Å². The second kappa shape index (κ2) is 4.28. The minimum Gasteiger partial charge on any atom is -0.368 e. The van der Waals surface area contributed by atoms with Crippen LogP contribution in [0.4, 0.5) is 14.7 Å². The molecule has 3 rings (SSSR count). The number of fused-ring (bicyclic) bond motifs is 1. The quantitative estimate of drug-likeness (QED) is 0.728. The molecule has 0 aliphatic rings. The maximum absolute atomic E-state index is 13.3. The molecule has 19 heavy (non-hydrogen) atoms. The van der Waals surface area contributed by atoms with Crippen LogP contribution in [-0.4, -0.2) is 9.97 Å². The Morgan fingerprint density at radius 2 is 1.58 bits per heavy atom. The predicted octanol–water partition coefficient (Wildman–Crippen LogP) is 3.16. The van der Waals surface area contributed by atoms with E-state index in [1.807, 2.05) is 6.07 Å². The van der Waals surface area contributed by atoms with Crippen LogP contribution in [0, 0.1) is 11.6 Å². The minimum absolute atomic E-state index is 0.0679. The van der Waals surface area contributed by atoms with Gasteiger partial charge >= 0.3 is 0 Å². The van der Waals surface area contributed by atoms with E-state index in [2.05, 4.69) is 9.97 Å². The van der Waals surface area contributed by atoms with Crippen molar-refractivity contribution in [1.82, 2.24) is 9.97 Å². The summed E-state index contributed by atoms with van der Waals surface area (Å²) in [4.78, 5) is 8.17. The first-order valence-corrected chi connectivity index (χ1v) is 5.62. The maximum atomic E-state index is 13.3. The van der Waals surface area contributed by atoms with Crippen molar-refractivity contribution < 1.29 is 8.78 Å². The summed E-state index contributed by atoms with van der Waals surface area (Å²) in [6.07, 6.45) is 0. The Hall–Kier alpha value is -2.56. The zero-order valence-electron chi connectivity index (χ0n) is 9.77. The van der Waals surface area contributed by atoms with Gasteiger partial charge in [-0.2, -0.15) is 0 Å². The van der Waals surface area contributed by atoms with Crippen molar-refractivity contribution in [3.8, 4) is 11.3 Å². The number of hydrogen-bond acceptors (Lipinski definition) is 3. The Kier molecular flexibility index (Phi) is 2.59. The molecule has 1 aromatic heterocycles. The van der Waals surface area contributed by atoms with Crippen LogP contribution >= 0.6 is 0 Å². The Bertz CT molecular complexity index is 751. The van der Waals surface area contributed by atoms with Crippen LogP contribution in [0.25, 0.3) is 22.2 Å². The van der Waals surface area contributed by atoms with Gasteiger partial charge in [-0.15, -0.1) is 0 Å². The molecule has 0 spiro atoms. The lowest BCUT2D eigenvalue weighted by Crippen LogP contribution is -1.98. The SMILES string of the molecule is Nc1nc(-c2cc(F)cc(F)c2)c2ccccc2n1. The van der Waals surface area contributed by atoms with Gasteiger partial charge in [0, 0.05) is 17.0 Å². The zero-order valence-corrected chi connectivity index (χ0v) is 9.77. The van der Waals surface area contributed by atoms with Gasteiger partial charge in [0.05, 0.1) is 11.2 Å². The van der Waals surface area contributed by atoms with Gasteiger partial charge in [0.1, 0.15) is 11.6 Å². The molecule has 0 saturated carbocycles. The molecule has 0 aliphatic heterocycles. The summed E-state index contributed by atoms with van der Waals surface area (Å²) in [7, 11) is 0. The summed E-state index contributed by atoms with van der Waals surface area (Å²) < 4.78 is 26.6. The molecule has 0 atom stereocenters. The average Bonchev–Trinajstić information content (AvgIpc) is 2.36. The van der Waals surface area contributed by atoms with Gasteiger partial charge in [-0.3, -0.25) is 0 Å². The largest absolute Gasteiger partial charge is 0.368 e. The summed E-state index contributed by atoms with van der Waals surface area (Å²) in [6, 6.07) is 10.4. The van der Waals surface area contributed by atoms with Gasteiger partial charge in [-0.25, -0.2) is 18.7 Å². The number of rotatable bonds is 1. The number of anilines is 1. The number of aromatic nitrogens is 2. The third kappa shape index (κ3) is 2.10. The number of nitrogens with zero attached hydrogens (tertiary/aromatic N) is 2. The first-order chi connectivity index (χ1) is 9.13. The van der Waals surface area contributed by atoms with Crippen molar-refractivity contribution in [2.24, 2.45) is 0 Å².